The van der Waals surface area contributed by atoms with Crippen molar-refractivity contribution in [2.75, 3.05) is 0 Å². The van der Waals surface area contributed by atoms with Crippen LogP contribution in [0.3, 0.4) is 0 Å². The van der Waals surface area contributed by atoms with Gasteiger partial charge in [0.25, 0.3) is 0 Å². The first kappa shape index (κ1) is 11.0. The summed E-state index contributed by atoms with van der Waals surface area (Å²) in [5, 5.41) is 0. The third kappa shape index (κ3) is 7.86. The summed E-state index contributed by atoms with van der Waals surface area (Å²) in [5.41, 5.74) is 7.61. The summed E-state index contributed by atoms with van der Waals surface area (Å²) in [6, 6.07) is 0.219. The van der Waals surface area contributed by atoms with Gasteiger partial charge in [0.15, 0.2) is 0 Å². The van der Waals surface area contributed by atoms with E-state index in [2.05, 4.69) is 13.8 Å². The maximum Gasteiger partial charge on any atom is 0.0212 e. The molecule has 0 aromatic carbocycles. The molecule has 0 amide bonds. The fourth-order valence-corrected chi connectivity index (χ4v) is 1.31. The predicted octanol–water partition coefficient (Wildman–Crippen LogP) is 3.41. The van der Waals surface area contributed by atoms with Gasteiger partial charge in [-0.05, 0) is 12.8 Å². The number of hydrogen-bond acceptors (Lipinski definition) is 0. The monoisotopic (exact) mass is 156 g/mol. The third-order valence-corrected chi connectivity index (χ3v) is 2.04. The zero-order valence-corrected chi connectivity index (χ0v) is 8.03. The van der Waals surface area contributed by atoms with Gasteiger partial charge < -0.3 is 0 Å². The molecule has 0 aliphatic carbocycles. The van der Waals surface area contributed by atoms with Gasteiger partial charge in [-0.3, -0.25) is 5.73 Å². The molecule has 0 rings (SSSR count). The van der Waals surface area contributed by atoms with Crippen LogP contribution in [-0.2, 0) is 0 Å². The number of rotatable bonds is 7. The fourth-order valence-electron chi connectivity index (χ4n) is 1.31. The summed E-state index contributed by atoms with van der Waals surface area (Å²) in [6.07, 6.45) is 8.62. The van der Waals surface area contributed by atoms with Gasteiger partial charge >= 0.3 is 0 Å². The minimum Gasteiger partial charge on any atom is -0.255 e. The van der Waals surface area contributed by atoms with Crippen molar-refractivity contribution in [2.45, 2.75) is 64.8 Å². The molecule has 0 bridgehead atoms. The van der Waals surface area contributed by atoms with Gasteiger partial charge in [0.1, 0.15) is 0 Å². The molecule has 1 atom stereocenters. The van der Waals surface area contributed by atoms with Crippen molar-refractivity contribution in [3.05, 3.63) is 0 Å². The van der Waals surface area contributed by atoms with E-state index in [1.807, 2.05) is 0 Å². The SMILES string of the molecule is CCCCCCC([NH])CCC. The van der Waals surface area contributed by atoms with Gasteiger partial charge in [-0.2, -0.15) is 0 Å². The normalized spacial score (nSPS) is 13.4. The Hall–Kier alpha value is -0.0400. The van der Waals surface area contributed by atoms with E-state index in [-0.39, 0.29) is 6.04 Å². The second-order valence-corrected chi connectivity index (χ2v) is 3.33. The van der Waals surface area contributed by atoms with Crippen LogP contribution in [0.4, 0.5) is 0 Å². The highest BCUT2D eigenvalue weighted by Gasteiger charge is 2.00. The molecule has 11 heavy (non-hydrogen) atoms. The van der Waals surface area contributed by atoms with Gasteiger partial charge in [0, 0.05) is 6.04 Å². The maximum absolute atomic E-state index is 7.61. The molecule has 0 aromatic heterocycles. The largest absolute Gasteiger partial charge is 0.255 e. The van der Waals surface area contributed by atoms with E-state index >= 15 is 0 Å². The highest BCUT2D eigenvalue weighted by Crippen LogP contribution is 2.08. The van der Waals surface area contributed by atoms with Crippen LogP contribution >= 0.6 is 0 Å². The summed E-state index contributed by atoms with van der Waals surface area (Å²) in [7, 11) is 0. The van der Waals surface area contributed by atoms with Gasteiger partial charge in [-0.25, -0.2) is 0 Å². The van der Waals surface area contributed by atoms with Crippen molar-refractivity contribution < 1.29 is 0 Å². The zero-order chi connectivity index (χ0) is 8.53. The van der Waals surface area contributed by atoms with Gasteiger partial charge in [0.2, 0.25) is 0 Å². The Bertz CT molecular complexity index is 71.3. The Kier molecular flexibility index (Phi) is 8.03. The van der Waals surface area contributed by atoms with Crippen LogP contribution in [0.15, 0.2) is 0 Å². The Balaban J connectivity index is 2.97. The van der Waals surface area contributed by atoms with Crippen LogP contribution < -0.4 is 5.73 Å². The summed E-state index contributed by atoms with van der Waals surface area (Å²) in [4.78, 5) is 0. The molecule has 67 valence electrons. The van der Waals surface area contributed by atoms with Gasteiger partial charge in [-0.15, -0.1) is 0 Å². The Labute approximate surface area is 71.4 Å². The Morgan fingerprint density at radius 3 is 2.18 bits per heavy atom. The molecule has 1 N–H and O–H groups in total. The van der Waals surface area contributed by atoms with Crippen LogP contribution in [0, 0.1) is 0 Å². The quantitative estimate of drug-likeness (QED) is 0.504. The summed E-state index contributed by atoms with van der Waals surface area (Å²) >= 11 is 0. The minimum atomic E-state index is 0.219. The van der Waals surface area contributed by atoms with E-state index in [0.717, 1.165) is 12.8 Å². The topological polar surface area (TPSA) is 23.8 Å². The fraction of sp³-hybridized carbons (Fsp3) is 1.00. The van der Waals surface area contributed by atoms with Gasteiger partial charge in [0.05, 0.1) is 0 Å². The highest BCUT2D eigenvalue weighted by atomic mass is 14.6. The van der Waals surface area contributed by atoms with Crippen LogP contribution in [0.1, 0.15) is 58.8 Å². The second-order valence-electron chi connectivity index (χ2n) is 3.33. The van der Waals surface area contributed by atoms with E-state index in [9.17, 15) is 0 Å². The molecule has 1 radical (unpaired) electrons. The molecule has 0 aromatic rings. The first-order valence-corrected chi connectivity index (χ1v) is 5.02. The molecule has 0 saturated carbocycles. The van der Waals surface area contributed by atoms with Crippen molar-refractivity contribution in [1.82, 2.24) is 5.73 Å². The standard InChI is InChI=1S/C10H22N/c1-3-5-6-7-9-10(11)8-4-2/h10-11H,3-9H2,1-2H3. The molecule has 0 heterocycles. The van der Waals surface area contributed by atoms with E-state index in [1.165, 1.54) is 32.1 Å². The second kappa shape index (κ2) is 8.06. The molecule has 0 aliphatic rings. The van der Waals surface area contributed by atoms with E-state index in [4.69, 9.17) is 5.73 Å². The average molecular weight is 156 g/mol. The van der Waals surface area contributed by atoms with E-state index in [0.29, 0.717) is 0 Å². The molecule has 1 heteroatoms. The molecular formula is C10H22N. The van der Waals surface area contributed by atoms with Crippen LogP contribution in [0.25, 0.3) is 0 Å². The smallest absolute Gasteiger partial charge is 0.0212 e. The lowest BCUT2D eigenvalue weighted by molar-refractivity contribution is 0.506. The average Bonchev–Trinajstić information content (AvgIpc) is 1.99. The van der Waals surface area contributed by atoms with E-state index < -0.39 is 0 Å². The lowest BCUT2D eigenvalue weighted by atomic mass is 10.0. The predicted molar refractivity (Wildman–Crippen MR) is 50.6 cm³/mol. The van der Waals surface area contributed by atoms with Crippen LogP contribution in [-0.4, -0.2) is 6.04 Å². The van der Waals surface area contributed by atoms with Crippen molar-refractivity contribution >= 4 is 0 Å². The first-order valence-electron chi connectivity index (χ1n) is 5.02. The molecule has 0 spiro atoms. The summed E-state index contributed by atoms with van der Waals surface area (Å²) in [6.45, 7) is 4.39. The number of unbranched alkanes of at least 4 members (excludes halogenated alkanes) is 3. The highest BCUT2D eigenvalue weighted by molar-refractivity contribution is 4.58. The number of nitrogens with one attached hydrogen (secondary N) is 1. The van der Waals surface area contributed by atoms with E-state index in [1.54, 1.807) is 0 Å². The molecule has 0 fully saturated rings. The Morgan fingerprint density at radius 2 is 1.64 bits per heavy atom. The van der Waals surface area contributed by atoms with Crippen molar-refractivity contribution in [1.29, 1.82) is 0 Å². The molecule has 0 saturated heterocycles. The van der Waals surface area contributed by atoms with Crippen LogP contribution in [0.5, 0.6) is 0 Å². The zero-order valence-electron chi connectivity index (χ0n) is 8.03. The molecule has 1 unspecified atom stereocenters. The van der Waals surface area contributed by atoms with Crippen molar-refractivity contribution in [3.63, 3.8) is 0 Å². The Morgan fingerprint density at radius 1 is 0.909 bits per heavy atom. The maximum atomic E-state index is 7.61. The third-order valence-electron chi connectivity index (χ3n) is 2.04. The molecular weight excluding hydrogens is 134 g/mol. The summed E-state index contributed by atoms with van der Waals surface area (Å²) < 4.78 is 0. The first-order chi connectivity index (χ1) is 5.31. The lowest BCUT2D eigenvalue weighted by Crippen LogP contribution is -2.07. The van der Waals surface area contributed by atoms with Gasteiger partial charge in [-0.1, -0.05) is 46.0 Å². The van der Waals surface area contributed by atoms with Crippen molar-refractivity contribution in [3.8, 4) is 0 Å². The molecule has 0 aliphatic heterocycles. The minimum absolute atomic E-state index is 0.219. The summed E-state index contributed by atoms with van der Waals surface area (Å²) in [5.74, 6) is 0. The molecule has 1 nitrogen and oxygen atoms in total. The lowest BCUT2D eigenvalue weighted by Gasteiger charge is -2.07. The van der Waals surface area contributed by atoms with Crippen molar-refractivity contribution in [2.24, 2.45) is 0 Å². The number of hydrogen-bond donors (Lipinski definition) is 0. The van der Waals surface area contributed by atoms with Crippen LogP contribution in [0.2, 0.25) is 0 Å².